The molecule has 1 aromatic heterocycles. The standard InChI is InChI=1S/C11H8BClFN3O/c12-15-10-4-9(16-17-11(10)5-18)7-3-6(13)1-2-8(7)14/h1-4,18H,5H2,(H,15,16). The van der Waals surface area contributed by atoms with E-state index < -0.39 is 5.82 Å². The topological polar surface area (TPSA) is 58.0 Å². The van der Waals surface area contributed by atoms with Crippen molar-refractivity contribution < 1.29 is 9.50 Å². The van der Waals surface area contributed by atoms with Crippen LogP contribution in [0.25, 0.3) is 11.3 Å². The Balaban J connectivity index is 2.54. The summed E-state index contributed by atoms with van der Waals surface area (Å²) < 4.78 is 13.6. The second-order valence-electron chi connectivity index (χ2n) is 3.52. The lowest BCUT2D eigenvalue weighted by Crippen LogP contribution is -2.03. The number of anilines is 1. The van der Waals surface area contributed by atoms with Crippen LogP contribution in [0, 0.1) is 5.82 Å². The van der Waals surface area contributed by atoms with Crippen molar-refractivity contribution in [2.75, 3.05) is 5.23 Å². The monoisotopic (exact) mass is 263 g/mol. The molecule has 2 rings (SSSR count). The molecule has 0 saturated carbocycles. The van der Waals surface area contributed by atoms with Gasteiger partial charge in [-0.1, -0.05) is 11.6 Å². The Morgan fingerprint density at radius 1 is 1.33 bits per heavy atom. The van der Waals surface area contributed by atoms with E-state index in [4.69, 9.17) is 24.7 Å². The van der Waals surface area contributed by atoms with Crippen LogP contribution in [0.1, 0.15) is 5.69 Å². The van der Waals surface area contributed by atoms with E-state index in [1.807, 2.05) is 0 Å². The van der Waals surface area contributed by atoms with Crippen LogP contribution >= 0.6 is 11.6 Å². The molecule has 0 spiro atoms. The molecular formula is C11H8BClFN3O. The second kappa shape index (κ2) is 5.33. The van der Waals surface area contributed by atoms with Crippen molar-refractivity contribution in [3.05, 3.63) is 40.8 Å². The predicted octanol–water partition coefficient (Wildman–Crippen LogP) is 1.92. The van der Waals surface area contributed by atoms with Gasteiger partial charge in [-0.2, -0.15) is 5.10 Å². The van der Waals surface area contributed by atoms with E-state index in [2.05, 4.69) is 15.4 Å². The number of hydrogen-bond donors (Lipinski definition) is 2. The van der Waals surface area contributed by atoms with Crippen LogP contribution in [0.5, 0.6) is 0 Å². The Labute approximate surface area is 109 Å². The van der Waals surface area contributed by atoms with Gasteiger partial charge in [0, 0.05) is 16.3 Å². The number of hydrogen-bond acceptors (Lipinski definition) is 4. The fourth-order valence-electron chi connectivity index (χ4n) is 1.48. The van der Waals surface area contributed by atoms with Crippen molar-refractivity contribution in [3.63, 3.8) is 0 Å². The molecule has 4 nitrogen and oxygen atoms in total. The van der Waals surface area contributed by atoms with Crippen LogP contribution in [0.3, 0.4) is 0 Å². The molecule has 0 unspecified atom stereocenters. The Kier molecular flexibility index (Phi) is 3.79. The molecule has 2 radical (unpaired) electrons. The molecule has 0 fully saturated rings. The second-order valence-corrected chi connectivity index (χ2v) is 3.95. The highest BCUT2D eigenvalue weighted by Gasteiger charge is 2.11. The first-order chi connectivity index (χ1) is 8.65. The maximum absolute atomic E-state index is 13.6. The molecule has 2 aromatic rings. The van der Waals surface area contributed by atoms with Crippen LogP contribution in [-0.2, 0) is 6.61 Å². The van der Waals surface area contributed by atoms with Gasteiger partial charge in [-0.15, -0.1) is 5.10 Å². The van der Waals surface area contributed by atoms with Crippen LogP contribution in [-0.4, -0.2) is 23.3 Å². The van der Waals surface area contributed by atoms with Gasteiger partial charge < -0.3 is 10.3 Å². The minimum absolute atomic E-state index is 0.219. The van der Waals surface area contributed by atoms with E-state index >= 15 is 0 Å². The number of halogens is 2. The first kappa shape index (κ1) is 12.8. The molecule has 0 atom stereocenters. The Bertz CT molecular complexity index is 582. The molecule has 1 aromatic carbocycles. The minimum Gasteiger partial charge on any atom is -0.436 e. The lowest BCUT2D eigenvalue weighted by molar-refractivity contribution is 0.276. The molecule has 0 aliphatic carbocycles. The number of aliphatic hydroxyl groups excluding tert-OH is 1. The maximum Gasteiger partial charge on any atom is 0.222 e. The van der Waals surface area contributed by atoms with Gasteiger partial charge in [0.25, 0.3) is 0 Å². The zero-order valence-corrected chi connectivity index (χ0v) is 9.95. The molecule has 1 heterocycles. The summed E-state index contributed by atoms with van der Waals surface area (Å²) in [6, 6.07) is 5.62. The third-order valence-electron chi connectivity index (χ3n) is 2.38. The summed E-state index contributed by atoms with van der Waals surface area (Å²) in [5.74, 6) is -0.464. The molecule has 0 amide bonds. The van der Waals surface area contributed by atoms with Gasteiger partial charge in [0.15, 0.2) is 0 Å². The van der Waals surface area contributed by atoms with Gasteiger partial charge in [-0.05, 0) is 24.3 Å². The highest BCUT2D eigenvalue weighted by atomic mass is 35.5. The fraction of sp³-hybridized carbons (Fsp3) is 0.0909. The Morgan fingerprint density at radius 3 is 2.78 bits per heavy atom. The van der Waals surface area contributed by atoms with Crippen LogP contribution in [0.2, 0.25) is 5.02 Å². The van der Waals surface area contributed by atoms with E-state index in [-0.39, 0.29) is 23.6 Å². The molecule has 18 heavy (non-hydrogen) atoms. The molecular weight excluding hydrogens is 255 g/mol. The third kappa shape index (κ3) is 2.44. The minimum atomic E-state index is -0.464. The summed E-state index contributed by atoms with van der Waals surface area (Å²) in [4.78, 5) is 0. The summed E-state index contributed by atoms with van der Waals surface area (Å²) in [5.41, 5.74) is 1.15. The average Bonchev–Trinajstić information content (AvgIpc) is 2.40. The van der Waals surface area contributed by atoms with E-state index in [0.29, 0.717) is 10.7 Å². The highest BCUT2D eigenvalue weighted by molar-refractivity contribution is 6.30. The zero-order chi connectivity index (χ0) is 13.1. The van der Waals surface area contributed by atoms with Crippen LogP contribution in [0.4, 0.5) is 10.1 Å². The van der Waals surface area contributed by atoms with Gasteiger partial charge >= 0.3 is 0 Å². The quantitative estimate of drug-likeness (QED) is 0.831. The molecule has 0 saturated heterocycles. The maximum atomic E-state index is 13.6. The normalized spacial score (nSPS) is 10.4. The molecule has 90 valence electrons. The first-order valence-corrected chi connectivity index (χ1v) is 5.43. The van der Waals surface area contributed by atoms with E-state index in [1.165, 1.54) is 24.3 Å². The smallest absolute Gasteiger partial charge is 0.222 e. The number of benzene rings is 1. The summed E-state index contributed by atoms with van der Waals surface area (Å²) in [7, 11) is 5.29. The molecule has 7 heteroatoms. The molecule has 0 bridgehead atoms. The number of aromatic nitrogens is 2. The van der Waals surface area contributed by atoms with E-state index in [1.54, 1.807) is 0 Å². The average molecular weight is 263 g/mol. The van der Waals surface area contributed by atoms with Gasteiger partial charge in [-0.25, -0.2) is 4.39 Å². The highest BCUT2D eigenvalue weighted by Crippen LogP contribution is 2.26. The predicted molar refractivity (Wildman–Crippen MR) is 67.7 cm³/mol. The van der Waals surface area contributed by atoms with Crippen molar-refractivity contribution in [2.45, 2.75) is 6.61 Å². The molecule has 0 aliphatic rings. The fourth-order valence-corrected chi connectivity index (χ4v) is 1.66. The van der Waals surface area contributed by atoms with Crippen molar-refractivity contribution in [1.29, 1.82) is 0 Å². The summed E-state index contributed by atoms with van der Waals surface area (Å²) in [5, 5.41) is 19.4. The Hall–Kier alpha value is -1.66. The van der Waals surface area contributed by atoms with Crippen molar-refractivity contribution in [1.82, 2.24) is 10.2 Å². The first-order valence-electron chi connectivity index (χ1n) is 5.05. The number of nitrogens with one attached hydrogen (secondary N) is 1. The van der Waals surface area contributed by atoms with Gasteiger partial charge in [-0.3, -0.25) is 0 Å². The number of nitrogens with zero attached hydrogens (tertiary/aromatic N) is 2. The van der Waals surface area contributed by atoms with Gasteiger partial charge in [0.05, 0.1) is 12.3 Å². The van der Waals surface area contributed by atoms with E-state index in [0.717, 1.165) is 0 Å². The third-order valence-corrected chi connectivity index (χ3v) is 2.62. The molecule has 2 N–H and O–H groups in total. The van der Waals surface area contributed by atoms with Gasteiger partial charge in [0.2, 0.25) is 7.98 Å². The van der Waals surface area contributed by atoms with Crippen molar-refractivity contribution in [3.8, 4) is 11.3 Å². The van der Waals surface area contributed by atoms with Crippen LogP contribution < -0.4 is 5.23 Å². The summed E-state index contributed by atoms with van der Waals surface area (Å²) >= 11 is 5.80. The van der Waals surface area contributed by atoms with Crippen LogP contribution in [0.15, 0.2) is 24.3 Å². The zero-order valence-electron chi connectivity index (χ0n) is 9.19. The Morgan fingerprint density at radius 2 is 2.11 bits per heavy atom. The SMILES string of the molecule is [B]Nc1cc(-c2cc(Cl)ccc2F)nnc1CO. The molecule has 0 aliphatic heterocycles. The largest absolute Gasteiger partial charge is 0.436 e. The number of rotatable bonds is 3. The lowest BCUT2D eigenvalue weighted by Gasteiger charge is -2.08. The van der Waals surface area contributed by atoms with Crippen molar-refractivity contribution >= 4 is 25.3 Å². The van der Waals surface area contributed by atoms with E-state index in [9.17, 15) is 4.39 Å². The summed E-state index contributed by atoms with van der Waals surface area (Å²) in [6.07, 6.45) is 0. The number of aliphatic hydroxyl groups is 1. The summed E-state index contributed by atoms with van der Waals surface area (Å²) in [6.45, 7) is -0.315. The lowest BCUT2D eigenvalue weighted by atomic mass is 10.1. The van der Waals surface area contributed by atoms with Crippen molar-refractivity contribution in [2.24, 2.45) is 0 Å². The van der Waals surface area contributed by atoms with Gasteiger partial charge in [0.1, 0.15) is 11.5 Å².